The molecule has 1 heterocycles. The Morgan fingerprint density at radius 3 is 2.85 bits per heavy atom. The minimum absolute atomic E-state index is 0.0795. The van der Waals surface area contributed by atoms with Crippen molar-refractivity contribution in [2.24, 2.45) is 0 Å². The third-order valence-electron chi connectivity index (χ3n) is 3.47. The van der Waals surface area contributed by atoms with Gasteiger partial charge in [-0.1, -0.05) is 12.1 Å². The fourth-order valence-electron chi connectivity index (χ4n) is 2.36. The number of carbonyl (C=O) groups excluding carboxylic acids is 1. The van der Waals surface area contributed by atoms with Gasteiger partial charge >= 0.3 is 6.61 Å². The van der Waals surface area contributed by atoms with E-state index >= 15 is 0 Å². The second-order valence-electron chi connectivity index (χ2n) is 4.79. The number of halogens is 2. The molecule has 1 atom stereocenters. The lowest BCUT2D eigenvalue weighted by Gasteiger charge is -2.32. The van der Waals surface area contributed by atoms with Crippen LogP contribution in [0.5, 0.6) is 5.75 Å². The molecule has 1 saturated heterocycles. The Morgan fingerprint density at radius 2 is 2.20 bits per heavy atom. The number of amides is 1. The van der Waals surface area contributed by atoms with Gasteiger partial charge in [0, 0.05) is 19.6 Å². The van der Waals surface area contributed by atoms with E-state index in [0.29, 0.717) is 0 Å². The Morgan fingerprint density at radius 1 is 1.45 bits per heavy atom. The number of likely N-dealkylation sites (N-methyl/N-ethyl adjacent to an activating group) is 1. The smallest absolute Gasteiger partial charge is 0.387 e. The summed E-state index contributed by atoms with van der Waals surface area (Å²) >= 11 is 0. The second kappa shape index (κ2) is 6.65. The van der Waals surface area contributed by atoms with Gasteiger partial charge in [-0.15, -0.1) is 0 Å². The summed E-state index contributed by atoms with van der Waals surface area (Å²) in [6.07, 6.45) is 1.91. The predicted octanol–water partition coefficient (Wildman–Crippen LogP) is 2.11. The lowest BCUT2D eigenvalue weighted by molar-refractivity contribution is -0.0503. The van der Waals surface area contributed by atoms with Crippen molar-refractivity contribution in [3.05, 3.63) is 29.8 Å². The number of benzene rings is 1. The number of ether oxygens (including phenoxy) is 1. The van der Waals surface area contributed by atoms with E-state index in [4.69, 9.17) is 0 Å². The molecule has 0 spiro atoms. The quantitative estimate of drug-likeness (QED) is 0.920. The van der Waals surface area contributed by atoms with E-state index in [9.17, 15) is 13.6 Å². The largest absolute Gasteiger partial charge is 0.434 e. The van der Waals surface area contributed by atoms with Crippen molar-refractivity contribution in [2.75, 3.05) is 20.1 Å². The van der Waals surface area contributed by atoms with Gasteiger partial charge in [0.1, 0.15) is 5.75 Å². The van der Waals surface area contributed by atoms with Crippen LogP contribution in [0.2, 0.25) is 0 Å². The number of nitrogens with one attached hydrogen (secondary N) is 1. The van der Waals surface area contributed by atoms with Crippen molar-refractivity contribution < 1.29 is 18.3 Å². The molecule has 6 heteroatoms. The molecule has 1 aromatic carbocycles. The van der Waals surface area contributed by atoms with Gasteiger partial charge in [-0.05, 0) is 31.5 Å². The number of rotatable bonds is 4. The zero-order chi connectivity index (χ0) is 14.5. The Balaban J connectivity index is 2.15. The summed E-state index contributed by atoms with van der Waals surface area (Å²) in [6, 6.07) is 6.17. The molecular formula is C14H18F2N2O2. The van der Waals surface area contributed by atoms with Crippen molar-refractivity contribution in [3.63, 3.8) is 0 Å². The summed E-state index contributed by atoms with van der Waals surface area (Å²) in [6.45, 7) is -1.27. The van der Waals surface area contributed by atoms with E-state index in [2.05, 4.69) is 10.1 Å². The van der Waals surface area contributed by atoms with E-state index < -0.39 is 6.61 Å². The molecule has 1 aromatic rings. The molecule has 4 nitrogen and oxygen atoms in total. The van der Waals surface area contributed by atoms with Crippen molar-refractivity contribution in [3.8, 4) is 5.75 Å². The predicted molar refractivity (Wildman–Crippen MR) is 71.1 cm³/mol. The molecule has 0 saturated carbocycles. The molecule has 110 valence electrons. The molecule has 0 unspecified atom stereocenters. The van der Waals surface area contributed by atoms with Crippen LogP contribution < -0.4 is 10.1 Å². The van der Waals surface area contributed by atoms with Gasteiger partial charge in [-0.3, -0.25) is 4.79 Å². The van der Waals surface area contributed by atoms with E-state index in [1.807, 2.05) is 0 Å². The van der Waals surface area contributed by atoms with E-state index in [-0.39, 0.29) is 23.3 Å². The highest BCUT2D eigenvalue weighted by molar-refractivity contribution is 5.97. The standard InChI is InChI=1S/C14H18F2N2O2/c1-18(10-5-4-8-17-9-10)13(19)11-6-2-3-7-12(11)20-14(15)16/h2-3,6-7,10,14,17H,4-5,8-9H2,1H3/t10-/m1/s1. The summed E-state index contributed by atoms with van der Waals surface area (Å²) in [5, 5.41) is 3.22. The van der Waals surface area contributed by atoms with Crippen molar-refractivity contribution in [2.45, 2.75) is 25.5 Å². The zero-order valence-corrected chi connectivity index (χ0v) is 11.3. The molecule has 1 N–H and O–H groups in total. The highest BCUT2D eigenvalue weighted by Gasteiger charge is 2.25. The molecular weight excluding hydrogens is 266 g/mol. The molecule has 0 bridgehead atoms. The lowest BCUT2D eigenvalue weighted by Crippen LogP contribution is -2.46. The fourth-order valence-corrected chi connectivity index (χ4v) is 2.36. The van der Waals surface area contributed by atoms with Gasteiger partial charge in [-0.2, -0.15) is 8.78 Å². The first-order valence-corrected chi connectivity index (χ1v) is 6.61. The monoisotopic (exact) mass is 284 g/mol. The zero-order valence-electron chi connectivity index (χ0n) is 11.3. The average molecular weight is 284 g/mol. The summed E-state index contributed by atoms with van der Waals surface area (Å²) < 4.78 is 29.1. The Kier molecular flexibility index (Phi) is 4.89. The van der Waals surface area contributed by atoms with Gasteiger partial charge in [0.15, 0.2) is 0 Å². The lowest BCUT2D eigenvalue weighted by atomic mass is 10.0. The van der Waals surface area contributed by atoms with Crippen LogP contribution >= 0.6 is 0 Å². The number of alkyl halides is 2. The van der Waals surface area contributed by atoms with Crippen LogP contribution in [0.4, 0.5) is 8.78 Å². The van der Waals surface area contributed by atoms with Gasteiger partial charge in [0.25, 0.3) is 5.91 Å². The first kappa shape index (κ1) is 14.7. The van der Waals surface area contributed by atoms with Crippen molar-refractivity contribution >= 4 is 5.91 Å². The Labute approximate surface area is 116 Å². The molecule has 1 fully saturated rings. The fraction of sp³-hybridized carbons (Fsp3) is 0.500. The van der Waals surface area contributed by atoms with Gasteiger partial charge < -0.3 is 15.0 Å². The number of carbonyl (C=O) groups is 1. The topological polar surface area (TPSA) is 41.6 Å². The number of nitrogens with zero attached hydrogens (tertiary/aromatic N) is 1. The molecule has 1 amide bonds. The molecule has 1 aliphatic heterocycles. The van der Waals surface area contributed by atoms with Crippen LogP contribution in [0, 0.1) is 0 Å². The molecule has 20 heavy (non-hydrogen) atoms. The van der Waals surface area contributed by atoms with Crippen LogP contribution in [-0.4, -0.2) is 43.6 Å². The van der Waals surface area contributed by atoms with Gasteiger partial charge in [-0.25, -0.2) is 0 Å². The highest BCUT2D eigenvalue weighted by atomic mass is 19.3. The maximum atomic E-state index is 12.4. The third-order valence-corrected chi connectivity index (χ3v) is 3.47. The molecule has 2 rings (SSSR count). The third kappa shape index (κ3) is 3.45. The van der Waals surface area contributed by atoms with E-state index in [0.717, 1.165) is 25.9 Å². The summed E-state index contributed by atoms with van der Waals surface area (Å²) in [5.41, 5.74) is 0.167. The first-order valence-electron chi connectivity index (χ1n) is 6.61. The minimum atomic E-state index is -2.94. The number of hydrogen-bond acceptors (Lipinski definition) is 3. The molecule has 1 aliphatic rings. The summed E-state index contributed by atoms with van der Waals surface area (Å²) in [5.74, 6) is -0.377. The van der Waals surface area contributed by atoms with Crippen LogP contribution in [-0.2, 0) is 0 Å². The van der Waals surface area contributed by atoms with Gasteiger partial charge in [0.05, 0.1) is 5.56 Å². The maximum Gasteiger partial charge on any atom is 0.387 e. The summed E-state index contributed by atoms with van der Waals surface area (Å²) in [4.78, 5) is 14.0. The molecule has 0 aromatic heterocycles. The van der Waals surface area contributed by atoms with Crippen LogP contribution in [0.1, 0.15) is 23.2 Å². The first-order chi connectivity index (χ1) is 9.59. The molecule has 0 radical (unpaired) electrons. The van der Waals surface area contributed by atoms with Crippen molar-refractivity contribution in [1.82, 2.24) is 10.2 Å². The Hall–Kier alpha value is -1.69. The average Bonchev–Trinajstić information content (AvgIpc) is 2.46. The van der Waals surface area contributed by atoms with Gasteiger partial charge in [0.2, 0.25) is 0 Å². The minimum Gasteiger partial charge on any atom is -0.434 e. The number of piperidine rings is 1. The van der Waals surface area contributed by atoms with E-state index in [1.165, 1.54) is 12.1 Å². The molecule has 0 aliphatic carbocycles. The number of hydrogen-bond donors (Lipinski definition) is 1. The summed E-state index contributed by atoms with van der Waals surface area (Å²) in [7, 11) is 1.69. The number of para-hydroxylation sites is 1. The Bertz CT molecular complexity index is 462. The SMILES string of the molecule is CN(C(=O)c1ccccc1OC(F)F)[C@@H]1CCCNC1. The maximum absolute atomic E-state index is 12.4. The highest BCUT2D eigenvalue weighted by Crippen LogP contribution is 2.23. The van der Waals surface area contributed by atoms with Crippen LogP contribution in [0.15, 0.2) is 24.3 Å². The normalized spacial score (nSPS) is 18.9. The van der Waals surface area contributed by atoms with E-state index in [1.54, 1.807) is 24.1 Å². The van der Waals surface area contributed by atoms with Crippen LogP contribution in [0.25, 0.3) is 0 Å². The van der Waals surface area contributed by atoms with Crippen molar-refractivity contribution in [1.29, 1.82) is 0 Å². The second-order valence-corrected chi connectivity index (χ2v) is 4.79. The van der Waals surface area contributed by atoms with Crippen LogP contribution in [0.3, 0.4) is 0 Å².